The number of nitrogens with zero attached hydrogens (tertiary/aromatic N) is 1. The Morgan fingerprint density at radius 2 is 1.58 bits per heavy atom. The standard InChI is InChI=1S/C30H42BrNO/c1-22-12-15-26(20-28(22)30(33)27-10-6-7-11-29(27)31)23(2)21-32-18-16-25(17-19-32)14-13-24-8-4-3-5-9-24/h6-7,10-12,15,20,23-25,30,33H,3-5,8-9,13-14,16-19,21H2,1-2H3. The minimum atomic E-state index is -0.604. The molecule has 2 aromatic carbocycles. The number of aliphatic hydroxyl groups excluding tert-OH is 1. The second kappa shape index (κ2) is 12.0. The molecule has 2 fully saturated rings. The third kappa shape index (κ3) is 6.71. The van der Waals surface area contributed by atoms with E-state index in [0.29, 0.717) is 5.92 Å². The maximum atomic E-state index is 11.1. The highest BCUT2D eigenvalue weighted by Crippen LogP contribution is 2.34. The van der Waals surface area contributed by atoms with E-state index in [4.69, 9.17) is 0 Å². The van der Waals surface area contributed by atoms with Crippen molar-refractivity contribution in [1.29, 1.82) is 0 Å². The molecule has 4 rings (SSSR count). The van der Waals surface area contributed by atoms with E-state index >= 15 is 0 Å². The number of hydrogen-bond acceptors (Lipinski definition) is 2. The van der Waals surface area contributed by atoms with Crippen molar-refractivity contribution in [3.05, 3.63) is 69.2 Å². The molecule has 1 saturated heterocycles. The molecule has 2 nitrogen and oxygen atoms in total. The van der Waals surface area contributed by atoms with Gasteiger partial charge in [0.2, 0.25) is 0 Å². The van der Waals surface area contributed by atoms with E-state index in [1.54, 1.807) is 0 Å². The van der Waals surface area contributed by atoms with Crippen LogP contribution in [0.5, 0.6) is 0 Å². The summed E-state index contributed by atoms with van der Waals surface area (Å²) in [6.45, 7) is 8.05. The Morgan fingerprint density at radius 3 is 2.27 bits per heavy atom. The van der Waals surface area contributed by atoms with E-state index in [2.05, 4.69) is 52.9 Å². The highest BCUT2D eigenvalue weighted by atomic mass is 79.9. The molecule has 1 heterocycles. The molecule has 0 bridgehead atoms. The van der Waals surface area contributed by atoms with Gasteiger partial charge in [-0.3, -0.25) is 0 Å². The first kappa shape index (κ1) is 24.9. The highest BCUT2D eigenvalue weighted by molar-refractivity contribution is 9.10. The van der Waals surface area contributed by atoms with Crippen molar-refractivity contribution < 1.29 is 5.11 Å². The fourth-order valence-electron chi connectivity index (χ4n) is 6.02. The molecule has 1 N–H and O–H groups in total. The molecule has 1 aliphatic heterocycles. The van der Waals surface area contributed by atoms with E-state index in [1.165, 1.54) is 76.4 Å². The zero-order chi connectivity index (χ0) is 23.2. The lowest BCUT2D eigenvalue weighted by atomic mass is 9.82. The van der Waals surface area contributed by atoms with Crippen LogP contribution in [0.4, 0.5) is 0 Å². The van der Waals surface area contributed by atoms with Crippen molar-refractivity contribution in [2.75, 3.05) is 19.6 Å². The average molecular weight is 513 g/mol. The van der Waals surface area contributed by atoms with E-state index in [1.807, 2.05) is 24.3 Å². The van der Waals surface area contributed by atoms with Gasteiger partial charge in [0.1, 0.15) is 6.10 Å². The molecule has 0 amide bonds. The molecule has 0 radical (unpaired) electrons. The largest absolute Gasteiger partial charge is 0.384 e. The van der Waals surface area contributed by atoms with Crippen LogP contribution in [0.2, 0.25) is 0 Å². The van der Waals surface area contributed by atoms with Crippen LogP contribution in [-0.2, 0) is 0 Å². The summed E-state index contributed by atoms with van der Waals surface area (Å²) in [5.74, 6) is 2.44. The summed E-state index contributed by atoms with van der Waals surface area (Å²) in [6, 6.07) is 14.7. The summed E-state index contributed by atoms with van der Waals surface area (Å²) in [6.07, 6.45) is 12.5. The molecular formula is C30H42BrNO. The zero-order valence-corrected chi connectivity index (χ0v) is 22.2. The van der Waals surface area contributed by atoms with Crippen molar-refractivity contribution >= 4 is 15.9 Å². The number of aliphatic hydroxyl groups is 1. The SMILES string of the molecule is Cc1ccc(C(C)CN2CCC(CCC3CCCCC3)CC2)cc1C(O)c1ccccc1Br. The Hall–Kier alpha value is -1.16. The molecule has 3 heteroatoms. The summed E-state index contributed by atoms with van der Waals surface area (Å²) in [7, 11) is 0. The Bertz CT molecular complexity index is 883. The van der Waals surface area contributed by atoms with Gasteiger partial charge in [0.05, 0.1) is 0 Å². The number of rotatable bonds is 8. The molecule has 1 saturated carbocycles. The topological polar surface area (TPSA) is 23.5 Å². The van der Waals surface area contributed by atoms with Crippen molar-refractivity contribution in [1.82, 2.24) is 4.90 Å². The second-order valence-electron chi connectivity index (χ2n) is 10.8. The van der Waals surface area contributed by atoms with E-state index in [0.717, 1.165) is 39.5 Å². The first-order chi connectivity index (χ1) is 16.0. The molecule has 180 valence electrons. The van der Waals surface area contributed by atoms with Crippen molar-refractivity contribution in [3.8, 4) is 0 Å². The summed E-state index contributed by atoms with van der Waals surface area (Å²) >= 11 is 3.60. The summed E-state index contributed by atoms with van der Waals surface area (Å²) in [5.41, 5.74) is 4.43. The minimum absolute atomic E-state index is 0.467. The molecule has 33 heavy (non-hydrogen) atoms. The predicted octanol–water partition coefficient (Wildman–Crippen LogP) is 8.02. The number of hydrogen-bond donors (Lipinski definition) is 1. The molecule has 0 aromatic heterocycles. The normalized spacial score (nSPS) is 20.6. The van der Waals surface area contributed by atoms with E-state index in [-0.39, 0.29) is 0 Å². The zero-order valence-electron chi connectivity index (χ0n) is 20.6. The van der Waals surface area contributed by atoms with Gasteiger partial charge in [-0.15, -0.1) is 0 Å². The average Bonchev–Trinajstić information content (AvgIpc) is 2.84. The molecular weight excluding hydrogens is 470 g/mol. The lowest BCUT2D eigenvalue weighted by molar-refractivity contribution is 0.164. The number of aryl methyl sites for hydroxylation is 1. The number of piperidine rings is 1. The van der Waals surface area contributed by atoms with Crippen molar-refractivity contribution in [2.45, 2.75) is 83.7 Å². The number of halogens is 1. The first-order valence-corrected chi connectivity index (χ1v) is 14.1. The smallest absolute Gasteiger partial charge is 0.105 e. The third-order valence-corrected chi connectivity index (χ3v) is 9.04. The predicted molar refractivity (Wildman–Crippen MR) is 143 cm³/mol. The molecule has 2 unspecified atom stereocenters. The first-order valence-electron chi connectivity index (χ1n) is 13.3. The van der Waals surface area contributed by atoms with Crippen LogP contribution in [-0.4, -0.2) is 29.6 Å². The third-order valence-electron chi connectivity index (χ3n) is 8.31. The van der Waals surface area contributed by atoms with Gasteiger partial charge in [0.25, 0.3) is 0 Å². The maximum absolute atomic E-state index is 11.1. The summed E-state index contributed by atoms with van der Waals surface area (Å²) in [4.78, 5) is 2.67. The van der Waals surface area contributed by atoms with Crippen molar-refractivity contribution in [2.24, 2.45) is 11.8 Å². The van der Waals surface area contributed by atoms with Gasteiger partial charge < -0.3 is 10.0 Å². The molecule has 2 aromatic rings. The number of benzene rings is 2. The van der Waals surface area contributed by atoms with Crippen LogP contribution in [0, 0.1) is 18.8 Å². The van der Waals surface area contributed by atoms with Gasteiger partial charge >= 0.3 is 0 Å². The van der Waals surface area contributed by atoms with Gasteiger partial charge in [0, 0.05) is 11.0 Å². The van der Waals surface area contributed by atoms with E-state index < -0.39 is 6.10 Å². The van der Waals surface area contributed by atoms with Gasteiger partial charge in [-0.1, -0.05) is 104 Å². The fourth-order valence-corrected chi connectivity index (χ4v) is 6.52. The van der Waals surface area contributed by atoms with Crippen LogP contribution in [0.3, 0.4) is 0 Å². The lowest BCUT2D eigenvalue weighted by Crippen LogP contribution is -2.36. The summed E-state index contributed by atoms with van der Waals surface area (Å²) in [5, 5.41) is 11.1. The highest BCUT2D eigenvalue weighted by Gasteiger charge is 2.23. The fraction of sp³-hybridized carbons (Fsp3) is 0.600. The Kier molecular flexibility index (Phi) is 9.07. The molecule has 1 aliphatic carbocycles. The lowest BCUT2D eigenvalue weighted by Gasteiger charge is -2.34. The quantitative estimate of drug-likeness (QED) is 0.387. The van der Waals surface area contributed by atoms with Gasteiger partial charge in [-0.25, -0.2) is 0 Å². The Labute approximate surface area is 209 Å². The maximum Gasteiger partial charge on any atom is 0.105 e. The van der Waals surface area contributed by atoms with Crippen LogP contribution in [0.25, 0.3) is 0 Å². The van der Waals surface area contributed by atoms with Crippen LogP contribution >= 0.6 is 15.9 Å². The van der Waals surface area contributed by atoms with Gasteiger partial charge in [-0.05, 0) is 78.9 Å². The van der Waals surface area contributed by atoms with Crippen molar-refractivity contribution in [3.63, 3.8) is 0 Å². The minimum Gasteiger partial charge on any atom is -0.384 e. The van der Waals surface area contributed by atoms with Crippen LogP contribution in [0.15, 0.2) is 46.9 Å². The van der Waals surface area contributed by atoms with Crippen LogP contribution in [0.1, 0.15) is 99.0 Å². The van der Waals surface area contributed by atoms with Gasteiger partial charge in [0.15, 0.2) is 0 Å². The summed E-state index contributed by atoms with van der Waals surface area (Å²) < 4.78 is 0.960. The molecule has 0 spiro atoms. The number of likely N-dealkylation sites (tertiary alicyclic amines) is 1. The Balaban J connectivity index is 1.30. The Morgan fingerprint density at radius 1 is 0.909 bits per heavy atom. The molecule has 2 aliphatic rings. The van der Waals surface area contributed by atoms with Crippen LogP contribution < -0.4 is 0 Å². The van der Waals surface area contributed by atoms with Gasteiger partial charge in [-0.2, -0.15) is 0 Å². The molecule has 2 atom stereocenters. The monoisotopic (exact) mass is 511 g/mol. The second-order valence-corrected chi connectivity index (χ2v) is 11.6. The van der Waals surface area contributed by atoms with E-state index in [9.17, 15) is 5.11 Å².